The first kappa shape index (κ1) is 16.6. The monoisotopic (exact) mass is 327 g/mol. The van der Waals surface area contributed by atoms with Crippen LogP contribution in [0.1, 0.15) is 24.2 Å². The summed E-state index contributed by atoms with van der Waals surface area (Å²) in [7, 11) is 0. The average molecular weight is 328 g/mol. The Morgan fingerprint density at radius 2 is 2.00 bits per heavy atom. The summed E-state index contributed by atoms with van der Waals surface area (Å²) in [5.41, 5.74) is -0.0269. The first-order valence-electron chi connectivity index (χ1n) is 6.95. The molecule has 1 saturated heterocycles. The predicted molar refractivity (Wildman–Crippen MR) is 80.0 cm³/mol. The van der Waals surface area contributed by atoms with Gasteiger partial charge in [-0.25, -0.2) is 4.79 Å². The second kappa shape index (κ2) is 6.98. The number of hydrogen-bond donors (Lipinski definition) is 1. The number of phenols is 1. The van der Waals surface area contributed by atoms with Crippen molar-refractivity contribution < 1.29 is 24.2 Å². The normalized spacial score (nSPS) is 21.5. The number of nitrogens with zero attached hydrogens (tertiary/aromatic N) is 1. The highest BCUT2D eigenvalue weighted by atomic mass is 35.5. The van der Waals surface area contributed by atoms with Gasteiger partial charge in [0.1, 0.15) is 11.3 Å². The van der Waals surface area contributed by atoms with E-state index in [-0.39, 0.29) is 36.0 Å². The largest absolute Gasteiger partial charge is 0.507 e. The van der Waals surface area contributed by atoms with Gasteiger partial charge >= 0.3 is 5.97 Å². The first-order valence-corrected chi connectivity index (χ1v) is 7.33. The quantitative estimate of drug-likeness (QED) is 0.857. The van der Waals surface area contributed by atoms with E-state index in [9.17, 15) is 14.7 Å². The molecule has 0 saturated carbocycles. The zero-order chi connectivity index (χ0) is 16.3. The second-order valence-corrected chi connectivity index (χ2v) is 5.73. The molecule has 1 heterocycles. The van der Waals surface area contributed by atoms with Crippen LogP contribution in [0.4, 0.5) is 0 Å². The Morgan fingerprint density at radius 3 is 2.59 bits per heavy atom. The SMILES string of the molecule is C[C@@H]1CN(C(=O)COC(=O)c2ccc(Cl)cc2O)C[C@H](C)O1. The highest BCUT2D eigenvalue weighted by Crippen LogP contribution is 2.22. The van der Waals surface area contributed by atoms with Gasteiger partial charge in [-0.3, -0.25) is 4.79 Å². The summed E-state index contributed by atoms with van der Waals surface area (Å²) in [6.45, 7) is 4.32. The van der Waals surface area contributed by atoms with E-state index in [4.69, 9.17) is 21.1 Å². The van der Waals surface area contributed by atoms with Crippen LogP contribution >= 0.6 is 11.6 Å². The minimum atomic E-state index is -0.767. The fourth-order valence-corrected chi connectivity index (χ4v) is 2.52. The predicted octanol–water partition coefficient (Wildman–Crippen LogP) is 1.84. The van der Waals surface area contributed by atoms with Gasteiger partial charge in [0.25, 0.3) is 5.91 Å². The zero-order valence-electron chi connectivity index (χ0n) is 12.4. The Bertz CT molecular complexity index is 567. The number of hydrogen-bond acceptors (Lipinski definition) is 5. The van der Waals surface area contributed by atoms with E-state index < -0.39 is 5.97 Å². The fraction of sp³-hybridized carbons (Fsp3) is 0.467. The molecule has 0 spiro atoms. The molecule has 2 atom stereocenters. The van der Waals surface area contributed by atoms with Crippen molar-refractivity contribution >= 4 is 23.5 Å². The number of morpholine rings is 1. The van der Waals surface area contributed by atoms with Gasteiger partial charge < -0.3 is 19.5 Å². The molecule has 1 N–H and O–H groups in total. The molecule has 120 valence electrons. The standard InChI is InChI=1S/C15H18ClNO5/c1-9-6-17(7-10(2)22-9)14(19)8-21-15(20)12-4-3-11(16)5-13(12)18/h3-5,9-10,18H,6-8H2,1-2H3/t9-,10+. The summed E-state index contributed by atoms with van der Waals surface area (Å²) in [4.78, 5) is 25.6. The Kier molecular flexibility index (Phi) is 5.26. The number of halogens is 1. The van der Waals surface area contributed by atoms with Crippen LogP contribution in [0.2, 0.25) is 5.02 Å². The summed E-state index contributed by atoms with van der Waals surface area (Å²) in [5, 5.41) is 9.95. The lowest BCUT2D eigenvalue weighted by Crippen LogP contribution is -2.49. The molecule has 1 amide bonds. The minimum Gasteiger partial charge on any atom is -0.507 e. The number of phenolic OH excluding ortho intramolecular Hbond substituents is 1. The molecule has 0 unspecified atom stereocenters. The van der Waals surface area contributed by atoms with Crippen molar-refractivity contribution in [2.45, 2.75) is 26.1 Å². The van der Waals surface area contributed by atoms with E-state index in [0.717, 1.165) is 0 Å². The molecule has 1 fully saturated rings. The molecule has 2 rings (SSSR count). The second-order valence-electron chi connectivity index (χ2n) is 5.29. The highest BCUT2D eigenvalue weighted by Gasteiger charge is 2.26. The van der Waals surface area contributed by atoms with E-state index in [1.165, 1.54) is 18.2 Å². The van der Waals surface area contributed by atoms with Gasteiger partial charge in [-0.1, -0.05) is 11.6 Å². The van der Waals surface area contributed by atoms with Crippen LogP contribution in [-0.4, -0.2) is 53.8 Å². The Morgan fingerprint density at radius 1 is 1.36 bits per heavy atom. The van der Waals surface area contributed by atoms with Crippen molar-refractivity contribution in [2.75, 3.05) is 19.7 Å². The highest BCUT2D eigenvalue weighted by molar-refractivity contribution is 6.30. The number of esters is 1. The molecule has 0 aromatic heterocycles. The average Bonchev–Trinajstić information content (AvgIpc) is 2.43. The molecule has 0 aliphatic carbocycles. The van der Waals surface area contributed by atoms with Gasteiger partial charge in [0.2, 0.25) is 0 Å². The van der Waals surface area contributed by atoms with Crippen molar-refractivity contribution in [1.29, 1.82) is 0 Å². The summed E-state index contributed by atoms with van der Waals surface area (Å²) < 4.78 is 10.5. The van der Waals surface area contributed by atoms with Crippen LogP contribution in [0.25, 0.3) is 0 Å². The van der Waals surface area contributed by atoms with Gasteiger partial charge in [0, 0.05) is 18.1 Å². The third kappa shape index (κ3) is 4.11. The molecule has 1 aliphatic heterocycles. The van der Waals surface area contributed by atoms with Gasteiger partial charge in [-0.05, 0) is 32.0 Å². The molecule has 0 radical (unpaired) electrons. The van der Waals surface area contributed by atoms with Crippen LogP contribution in [0.15, 0.2) is 18.2 Å². The van der Waals surface area contributed by atoms with Gasteiger partial charge in [-0.15, -0.1) is 0 Å². The van der Waals surface area contributed by atoms with Crippen molar-refractivity contribution in [2.24, 2.45) is 0 Å². The lowest BCUT2D eigenvalue weighted by molar-refractivity contribution is -0.146. The molecule has 7 heteroatoms. The number of benzene rings is 1. The van der Waals surface area contributed by atoms with E-state index >= 15 is 0 Å². The number of carbonyl (C=O) groups is 2. The molecule has 1 aliphatic rings. The summed E-state index contributed by atoms with van der Waals surface area (Å²) in [5.74, 6) is -1.33. The van der Waals surface area contributed by atoms with Crippen molar-refractivity contribution in [3.63, 3.8) is 0 Å². The lowest BCUT2D eigenvalue weighted by atomic mass is 10.2. The van der Waals surface area contributed by atoms with Gasteiger partial charge in [-0.2, -0.15) is 0 Å². The van der Waals surface area contributed by atoms with Crippen LogP contribution in [0.3, 0.4) is 0 Å². The lowest BCUT2D eigenvalue weighted by Gasteiger charge is -2.35. The number of carbonyl (C=O) groups excluding carboxylic acids is 2. The molecule has 1 aromatic rings. The molecule has 6 nitrogen and oxygen atoms in total. The van der Waals surface area contributed by atoms with Crippen LogP contribution in [-0.2, 0) is 14.3 Å². The molecule has 0 bridgehead atoms. The van der Waals surface area contributed by atoms with E-state index in [2.05, 4.69) is 0 Å². The molecular formula is C15H18ClNO5. The number of rotatable bonds is 3. The molecule has 22 heavy (non-hydrogen) atoms. The third-order valence-corrected chi connectivity index (χ3v) is 3.51. The topological polar surface area (TPSA) is 76.1 Å². The van der Waals surface area contributed by atoms with Crippen LogP contribution < -0.4 is 0 Å². The van der Waals surface area contributed by atoms with Crippen molar-refractivity contribution in [3.8, 4) is 5.75 Å². The summed E-state index contributed by atoms with van der Waals surface area (Å²) in [6.07, 6.45) is -0.104. The Balaban J connectivity index is 1.91. The summed E-state index contributed by atoms with van der Waals surface area (Å²) in [6, 6.07) is 4.06. The van der Waals surface area contributed by atoms with E-state index in [0.29, 0.717) is 18.1 Å². The number of ether oxygens (including phenoxy) is 2. The van der Waals surface area contributed by atoms with Crippen molar-refractivity contribution in [3.05, 3.63) is 28.8 Å². The first-order chi connectivity index (χ1) is 10.4. The maximum Gasteiger partial charge on any atom is 0.342 e. The van der Waals surface area contributed by atoms with Gasteiger partial charge in [0.05, 0.1) is 12.2 Å². The van der Waals surface area contributed by atoms with E-state index in [1.54, 1.807) is 4.90 Å². The maximum atomic E-state index is 12.1. The minimum absolute atomic E-state index is 0.0269. The van der Waals surface area contributed by atoms with E-state index in [1.807, 2.05) is 13.8 Å². The Hall–Kier alpha value is -1.79. The van der Waals surface area contributed by atoms with Crippen LogP contribution in [0, 0.1) is 0 Å². The summed E-state index contributed by atoms with van der Waals surface area (Å²) >= 11 is 5.69. The zero-order valence-corrected chi connectivity index (χ0v) is 13.2. The van der Waals surface area contributed by atoms with Gasteiger partial charge in [0.15, 0.2) is 6.61 Å². The van der Waals surface area contributed by atoms with Crippen molar-refractivity contribution in [1.82, 2.24) is 4.90 Å². The number of amides is 1. The third-order valence-electron chi connectivity index (χ3n) is 3.28. The molecule has 1 aromatic carbocycles. The smallest absolute Gasteiger partial charge is 0.342 e. The number of aromatic hydroxyl groups is 1. The molecular weight excluding hydrogens is 310 g/mol. The fourth-order valence-electron chi connectivity index (χ4n) is 2.36. The van der Waals surface area contributed by atoms with Crippen LogP contribution in [0.5, 0.6) is 5.75 Å². The Labute approximate surface area is 133 Å². The maximum absolute atomic E-state index is 12.1.